The lowest BCUT2D eigenvalue weighted by Crippen LogP contribution is -2.34. The molecule has 8 heteroatoms. The molecule has 0 fully saturated rings. The van der Waals surface area contributed by atoms with Crippen molar-refractivity contribution < 1.29 is 9.72 Å². The molecule has 0 spiro atoms. The van der Waals surface area contributed by atoms with Crippen LogP contribution in [-0.2, 0) is 0 Å². The molecule has 0 atom stereocenters. The van der Waals surface area contributed by atoms with Crippen LogP contribution in [0.25, 0.3) is 0 Å². The average molecular weight is 370 g/mol. The van der Waals surface area contributed by atoms with Crippen molar-refractivity contribution in [2.75, 3.05) is 24.8 Å². The van der Waals surface area contributed by atoms with Crippen LogP contribution in [0.3, 0.4) is 0 Å². The Balaban J connectivity index is 3.06. The van der Waals surface area contributed by atoms with Crippen molar-refractivity contribution in [3.8, 4) is 0 Å². The molecule has 0 unspecified atom stereocenters. The number of carbonyl (C=O) groups is 1. The molecule has 1 aromatic rings. The van der Waals surface area contributed by atoms with Crippen molar-refractivity contribution in [3.05, 3.63) is 38.3 Å². The van der Waals surface area contributed by atoms with Crippen molar-refractivity contribution >= 4 is 50.7 Å². The van der Waals surface area contributed by atoms with Gasteiger partial charge in [-0.3, -0.25) is 14.9 Å². The average Bonchev–Trinajstić information content (AvgIpc) is 2.37. The Labute approximate surface area is 128 Å². The minimum absolute atomic E-state index is 0.144. The fourth-order valence-electron chi connectivity index (χ4n) is 1.50. The molecule has 0 saturated heterocycles. The molecule has 1 amide bonds. The van der Waals surface area contributed by atoms with E-state index in [1.54, 1.807) is 0 Å². The number of hydrogen-bond acceptors (Lipinski definition) is 3. The predicted molar refractivity (Wildman–Crippen MR) is 78.1 cm³/mol. The number of rotatable bonds is 6. The largest absolute Gasteiger partial charge is 0.336 e. The molecule has 1 aromatic carbocycles. The summed E-state index contributed by atoms with van der Waals surface area (Å²) < 4.78 is 0.474. The van der Waals surface area contributed by atoms with Gasteiger partial charge < -0.3 is 4.90 Å². The van der Waals surface area contributed by atoms with Crippen LogP contribution in [0.15, 0.2) is 22.7 Å². The number of nitro groups is 1. The molecule has 1 rings (SSSR count). The van der Waals surface area contributed by atoms with E-state index in [0.717, 1.165) is 0 Å². The van der Waals surface area contributed by atoms with E-state index in [2.05, 4.69) is 15.9 Å². The first-order valence-electron chi connectivity index (χ1n) is 5.35. The van der Waals surface area contributed by atoms with Crippen molar-refractivity contribution in [3.63, 3.8) is 0 Å². The Morgan fingerprint density at radius 1 is 1.26 bits per heavy atom. The highest BCUT2D eigenvalue weighted by molar-refractivity contribution is 9.10. The molecule has 0 aliphatic carbocycles. The quantitative estimate of drug-likeness (QED) is 0.439. The third-order valence-corrected chi connectivity index (χ3v) is 3.13. The van der Waals surface area contributed by atoms with Gasteiger partial charge in [-0.25, -0.2) is 0 Å². The third-order valence-electron chi connectivity index (χ3n) is 2.34. The summed E-state index contributed by atoms with van der Waals surface area (Å²) in [6.45, 7) is 0.681. The normalized spacial score (nSPS) is 10.3. The van der Waals surface area contributed by atoms with E-state index >= 15 is 0 Å². The zero-order valence-corrected chi connectivity index (χ0v) is 12.9. The zero-order valence-electron chi connectivity index (χ0n) is 9.81. The highest BCUT2D eigenvalue weighted by Gasteiger charge is 2.18. The molecular weight excluding hydrogens is 359 g/mol. The van der Waals surface area contributed by atoms with Crippen LogP contribution in [0.2, 0.25) is 0 Å². The van der Waals surface area contributed by atoms with Gasteiger partial charge in [-0.15, -0.1) is 23.2 Å². The number of halogens is 3. The van der Waals surface area contributed by atoms with E-state index in [0.29, 0.717) is 17.6 Å². The summed E-state index contributed by atoms with van der Waals surface area (Å²) in [4.78, 5) is 23.9. The first-order valence-corrected chi connectivity index (χ1v) is 7.22. The molecule has 0 radical (unpaired) electrons. The van der Waals surface area contributed by atoms with Crippen LogP contribution in [0.1, 0.15) is 10.4 Å². The number of alkyl halides is 2. The Hall–Kier alpha value is -0.850. The lowest BCUT2D eigenvalue weighted by molar-refractivity contribution is -0.385. The number of benzene rings is 1. The smallest absolute Gasteiger partial charge is 0.271 e. The van der Waals surface area contributed by atoms with Crippen LogP contribution < -0.4 is 0 Å². The van der Waals surface area contributed by atoms with Gasteiger partial charge in [0.2, 0.25) is 0 Å². The topological polar surface area (TPSA) is 63.4 Å². The number of carbonyl (C=O) groups excluding carboxylic acids is 1. The minimum Gasteiger partial charge on any atom is -0.336 e. The number of non-ortho nitro benzene ring substituents is 1. The third kappa shape index (κ3) is 4.63. The van der Waals surface area contributed by atoms with E-state index in [1.165, 1.54) is 23.1 Å². The van der Waals surface area contributed by atoms with Crippen molar-refractivity contribution in [1.29, 1.82) is 0 Å². The van der Waals surface area contributed by atoms with E-state index < -0.39 is 4.92 Å². The fourth-order valence-corrected chi connectivity index (χ4v) is 2.39. The predicted octanol–water partition coefficient (Wildman–Crippen LogP) is 3.28. The Morgan fingerprint density at radius 3 is 2.32 bits per heavy atom. The number of hydrogen-bond donors (Lipinski definition) is 0. The zero-order chi connectivity index (χ0) is 14.4. The second-order valence-electron chi connectivity index (χ2n) is 3.63. The molecule has 0 aliphatic heterocycles. The number of nitro benzene ring substituents is 1. The summed E-state index contributed by atoms with van der Waals surface area (Å²) in [6.07, 6.45) is 0. The highest BCUT2D eigenvalue weighted by Crippen LogP contribution is 2.22. The summed E-state index contributed by atoms with van der Waals surface area (Å²) in [6, 6.07) is 4.11. The van der Waals surface area contributed by atoms with E-state index in [-0.39, 0.29) is 28.9 Å². The second-order valence-corrected chi connectivity index (χ2v) is 5.30. The van der Waals surface area contributed by atoms with Crippen LogP contribution in [-0.4, -0.2) is 40.6 Å². The van der Waals surface area contributed by atoms with Gasteiger partial charge in [0.25, 0.3) is 11.6 Å². The second kappa shape index (κ2) is 7.67. The van der Waals surface area contributed by atoms with Crippen molar-refractivity contribution in [1.82, 2.24) is 4.90 Å². The fraction of sp³-hybridized carbons (Fsp3) is 0.364. The SMILES string of the molecule is O=C(c1cc(Br)cc([N+](=O)[O-])c1)N(CCCl)CCCl. The van der Waals surface area contributed by atoms with Gasteiger partial charge in [-0.2, -0.15) is 0 Å². The van der Waals surface area contributed by atoms with Crippen LogP contribution in [0.4, 0.5) is 5.69 Å². The van der Waals surface area contributed by atoms with E-state index in [9.17, 15) is 14.9 Å². The molecule has 5 nitrogen and oxygen atoms in total. The van der Waals surface area contributed by atoms with Gasteiger partial charge in [0.1, 0.15) is 0 Å². The molecular formula is C11H11BrCl2N2O3. The molecule has 0 N–H and O–H groups in total. The van der Waals surface area contributed by atoms with E-state index in [1.807, 2.05) is 0 Å². The molecule has 0 bridgehead atoms. The van der Waals surface area contributed by atoms with Gasteiger partial charge in [-0.05, 0) is 6.07 Å². The summed E-state index contributed by atoms with van der Waals surface area (Å²) in [5.41, 5.74) is 0.0886. The number of nitrogens with zero attached hydrogens (tertiary/aromatic N) is 2. The Bertz CT molecular complexity index is 479. The Kier molecular flexibility index (Phi) is 6.54. The molecule has 0 heterocycles. The highest BCUT2D eigenvalue weighted by atomic mass is 79.9. The first kappa shape index (κ1) is 16.2. The summed E-state index contributed by atoms with van der Waals surface area (Å²) >= 11 is 14.4. The molecule has 104 valence electrons. The van der Waals surface area contributed by atoms with Crippen LogP contribution >= 0.6 is 39.1 Å². The van der Waals surface area contributed by atoms with Crippen molar-refractivity contribution in [2.45, 2.75) is 0 Å². The maximum atomic E-state index is 12.2. The maximum Gasteiger partial charge on any atom is 0.271 e. The van der Waals surface area contributed by atoms with Gasteiger partial charge >= 0.3 is 0 Å². The first-order chi connectivity index (χ1) is 8.99. The van der Waals surface area contributed by atoms with Gasteiger partial charge in [0.15, 0.2) is 0 Å². The summed E-state index contributed by atoms with van der Waals surface area (Å²) in [7, 11) is 0. The van der Waals surface area contributed by atoms with E-state index in [4.69, 9.17) is 23.2 Å². The van der Waals surface area contributed by atoms with Crippen molar-refractivity contribution in [2.24, 2.45) is 0 Å². The van der Waals surface area contributed by atoms with Gasteiger partial charge in [0, 0.05) is 47.0 Å². The molecule has 0 saturated carbocycles. The molecule has 19 heavy (non-hydrogen) atoms. The lowest BCUT2D eigenvalue weighted by atomic mass is 10.1. The molecule has 0 aromatic heterocycles. The Morgan fingerprint density at radius 2 is 1.84 bits per heavy atom. The molecule has 0 aliphatic rings. The van der Waals surface area contributed by atoms with Gasteiger partial charge in [0.05, 0.1) is 4.92 Å². The monoisotopic (exact) mass is 368 g/mol. The van der Waals surface area contributed by atoms with Crippen LogP contribution in [0, 0.1) is 10.1 Å². The van der Waals surface area contributed by atoms with Crippen LogP contribution in [0.5, 0.6) is 0 Å². The minimum atomic E-state index is -0.547. The standard InChI is InChI=1S/C11H11BrCl2N2O3/c12-9-5-8(6-10(7-9)16(18)19)11(17)15(3-1-13)4-2-14/h5-7H,1-4H2. The summed E-state index contributed by atoms with van der Waals surface area (Å²) in [5, 5.41) is 10.8. The maximum absolute atomic E-state index is 12.2. The summed E-state index contributed by atoms with van der Waals surface area (Å²) in [5.74, 6) is 0.225. The number of amides is 1. The van der Waals surface area contributed by atoms with Gasteiger partial charge in [-0.1, -0.05) is 15.9 Å². The lowest BCUT2D eigenvalue weighted by Gasteiger charge is -2.20.